The minimum atomic E-state index is -3.52. The van der Waals surface area contributed by atoms with Crippen molar-refractivity contribution in [2.75, 3.05) is 13.1 Å². The third-order valence-electron chi connectivity index (χ3n) is 4.97. The van der Waals surface area contributed by atoms with Gasteiger partial charge in [-0.3, -0.25) is 4.79 Å². The molecule has 5 nitrogen and oxygen atoms in total. The van der Waals surface area contributed by atoms with Crippen LogP contribution >= 0.6 is 0 Å². The molecule has 8 heteroatoms. The second-order valence-electron chi connectivity index (χ2n) is 7.17. The molecule has 1 aliphatic heterocycles. The lowest BCUT2D eigenvalue weighted by Gasteiger charge is -2.19. The maximum Gasteiger partial charge on any atom is 0.244 e. The van der Waals surface area contributed by atoms with E-state index in [1.165, 1.54) is 28.6 Å². The Balaban J connectivity index is 1.60. The number of benzene rings is 2. The van der Waals surface area contributed by atoms with Gasteiger partial charge in [-0.25, -0.2) is 17.2 Å². The van der Waals surface area contributed by atoms with Crippen LogP contribution in [0, 0.1) is 11.6 Å². The average molecular weight is 435 g/mol. The highest BCUT2D eigenvalue weighted by atomic mass is 32.2. The number of amides is 1. The van der Waals surface area contributed by atoms with Gasteiger partial charge in [0.25, 0.3) is 0 Å². The molecule has 160 valence electrons. The van der Waals surface area contributed by atoms with Gasteiger partial charge in [0, 0.05) is 31.3 Å². The Labute approximate surface area is 175 Å². The first-order chi connectivity index (χ1) is 14.4. The largest absolute Gasteiger partial charge is 0.348 e. The summed E-state index contributed by atoms with van der Waals surface area (Å²) in [5.41, 5.74) is 0.705. The van der Waals surface area contributed by atoms with Crippen molar-refractivity contribution < 1.29 is 22.0 Å². The Morgan fingerprint density at radius 3 is 2.33 bits per heavy atom. The Morgan fingerprint density at radius 2 is 1.67 bits per heavy atom. The van der Waals surface area contributed by atoms with Crippen molar-refractivity contribution in [3.8, 4) is 0 Å². The van der Waals surface area contributed by atoms with Crippen molar-refractivity contribution >= 4 is 22.0 Å². The van der Waals surface area contributed by atoms with Gasteiger partial charge in [0.1, 0.15) is 11.6 Å². The summed E-state index contributed by atoms with van der Waals surface area (Å²) in [6, 6.07) is 9.36. The molecule has 1 fully saturated rings. The van der Waals surface area contributed by atoms with E-state index in [4.69, 9.17) is 0 Å². The van der Waals surface area contributed by atoms with Gasteiger partial charge in [-0.05, 0) is 54.8 Å². The molecule has 0 bridgehead atoms. The Hall–Kier alpha value is -2.58. The van der Waals surface area contributed by atoms with Crippen LogP contribution in [0.15, 0.2) is 53.4 Å². The molecule has 0 aromatic heterocycles. The highest BCUT2D eigenvalue weighted by Gasteiger charge is 2.24. The molecule has 1 N–H and O–H groups in total. The summed E-state index contributed by atoms with van der Waals surface area (Å²) in [4.78, 5) is 12.2. The summed E-state index contributed by atoms with van der Waals surface area (Å²) in [6.07, 6.45) is 6.62. The number of hydrogen-bond donors (Lipinski definition) is 1. The Morgan fingerprint density at radius 1 is 1.00 bits per heavy atom. The molecule has 3 rings (SSSR count). The molecule has 2 aromatic carbocycles. The number of carbonyl (C=O) groups is 1. The topological polar surface area (TPSA) is 66.5 Å². The van der Waals surface area contributed by atoms with E-state index >= 15 is 0 Å². The first kappa shape index (κ1) is 22.1. The molecule has 2 aromatic rings. The predicted molar refractivity (Wildman–Crippen MR) is 111 cm³/mol. The van der Waals surface area contributed by atoms with E-state index in [0.717, 1.165) is 43.9 Å². The normalized spacial score (nSPS) is 15.8. The first-order valence-corrected chi connectivity index (χ1v) is 11.3. The van der Waals surface area contributed by atoms with Gasteiger partial charge in [-0.2, -0.15) is 4.31 Å². The van der Waals surface area contributed by atoms with Crippen LogP contribution in [-0.4, -0.2) is 31.7 Å². The number of sulfonamides is 1. The summed E-state index contributed by atoms with van der Waals surface area (Å²) in [5.74, 6) is -1.65. The van der Waals surface area contributed by atoms with Crippen molar-refractivity contribution in [1.29, 1.82) is 0 Å². The van der Waals surface area contributed by atoms with Gasteiger partial charge in [-0.15, -0.1) is 0 Å². The Bertz CT molecular complexity index is 1010. The summed E-state index contributed by atoms with van der Waals surface area (Å²) in [6.45, 7) is 0.936. The van der Waals surface area contributed by atoms with Gasteiger partial charge >= 0.3 is 0 Å². The minimum Gasteiger partial charge on any atom is -0.348 e. The van der Waals surface area contributed by atoms with E-state index in [9.17, 15) is 22.0 Å². The zero-order valence-corrected chi connectivity index (χ0v) is 17.3. The number of carbonyl (C=O) groups excluding carboxylic acids is 1. The van der Waals surface area contributed by atoms with E-state index < -0.39 is 27.6 Å². The lowest BCUT2D eigenvalue weighted by molar-refractivity contribution is -0.116. The molecule has 0 atom stereocenters. The van der Waals surface area contributed by atoms with Crippen LogP contribution in [0.3, 0.4) is 0 Å². The number of nitrogens with zero attached hydrogens (tertiary/aromatic N) is 1. The van der Waals surface area contributed by atoms with Crippen molar-refractivity contribution in [1.82, 2.24) is 9.62 Å². The maximum absolute atomic E-state index is 13.6. The average Bonchev–Trinajstić information content (AvgIpc) is 3.03. The van der Waals surface area contributed by atoms with Crippen LogP contribution < -0.4 is 5.32 Å². The number of nitrogens with one attached hydrogen (secondary N) is 1. The second kappa shape index (κ2) is 9.95. The maximum atomic E-state index is 13.6. The van der Waals surface area contributed by atoms with Crippen molar-refractivity contribution in [3.63, 3.8) is 0 Å². The lowest BCUT2D eigenvalue weighted by atomic mass is 10.2. The fraction of sp³-hybridized carbons (Fsp3) is 0.318. The second-order valence-corrected chi connectivity index (χ2v) is 9.11. The molecule has 1 aliphatic rings. The third kappa shape index (κ3) is 5.73. The van der Waals surface area contributed by atoms with Crippen LogP contribution in [0.1, 0.15) is 36.8 Å². The van der Waals surface area contributed by atoms with Crippen LogP contribution in [0.2, 0.25) is 0 Å². The molecule has 0 spiro atoms. The molecule has 1 saturated heterocycles. The molecular formula is C22H24F2N2O3S. The van der Waals surface area contributed by atoms with Gasteiger partial charge in [0.2, 0.25) is 15.9 Å². The SMILES string of the molecule is O=C(/C=C/c1ccc(S(=O)(=O)N2CCCCCC2)cc1)NCc1cc(F)ccc1F. The number of rotatable bonds is 6. The fourth-order valence-electron chi connectivity index (χ4n) is 3.27. The first-order valence-electron chi connectivity index (χ1n) is 9.86. The van der Waals surface area contributed by atoms with E-state index in [1.807, 2.05) is 0 Å². The smallest absolute Gasteiger partial charge is 0.244 e. The van der Waals surface area contributed by atoms with Crippen LogP contribution in [0.5, 0.6) is 0 Å². The quantitative estimate of drug-likeness (QED) is 0.702. The predicted octanol–water partition coefficient (Wildman–Crippen LogP) is 3.86. The third-order valence-corrected chi connectivity index (χ3v) is 6.88. The zero-order valence-electron chi connectivity index (χ0n) is 16.5. The lowest BCUT2D eigenvalue weighted by Crippen LogP contribution is -2.31. The highest BCUT2D eigenvalue weighted by molar-refractivity contribution is 7.89. The van der Waals surface area contributed by atoms with E-state index in [-0.39, 0.29) is 17.0 Å². The van der Waals surface area contributed by atoms with E-state index in [2.05, 4.69) is 5.32 Å². The molecule has 0 unspecified atom stereocenters. The summed E-state index contributed by atoms with van der Waals surface area (Å²) < 4.78 is 53.8. The molecule has 1 heterocycles. The van der Waals surface area contributed by atoms with E-state index in [0.29, 0.717) is 18.7 Å². The molecule has 30 heavy (non-hydrogen) atoms. The molecular weight excluding hydrogens is 410 g/mol. The van der Waals surface area contributed by atoms with Crippen molar-refractivity contribution in [3.05, 3.63) is 71.3 Å². The van der Waals surface area contributed by atoms with Gasteiger partial charge in [-0.1, -0.05) is 25.0 Å². The van der Waals surface area contributed by atoms with Crippen LogP contribution in [-0.2, 0) is 21.4 Å². The van der Waals surface area contributed by atoms with Crippen molar-refractivity contribution in [2.45, 2.75) is 37.1 Å². The van der Waals surface area contributed by atoms with Gasteiger partial charge in [0.05, 0.1) is 4.90 Å². The summed E-state index contributed by atoms with van der Waals surface area (Å²) in [7, 11) is -3.52. The summed E-state index contributed by atoms with van der Waals surface area (Å²) in [5, 5.41) is 2.49. The number of hydrogen-bond acceptors (Lipinski definition) is 3. The minimum absolute atomic E-state index is 0.0554. The van der Waals surface area contributed by atoms with Crippen LogP contribution in [0.25, 0.3) is 6.08 Å². The molecule has 0 saturated carbocycles. The van der Waals surface area contributed by atoms with Crippen molar-refractivity contribution in [2.24, 2.45) is 0 Å². The highest BCUT2D eigenvalue weighted by Crippen LogP contribution is 2.21. The molecule has 0 aliphatic carbocycles. The van der Waals surface area contributed by atoms with E-state index in [1.54, 1.807) is 12.1 Å². The summed E-state index contributed by atoms with van der Waals surface area (Å²) >= 11 is 0. The Kier molecular flexibility index (Phi) is 7.33. The van der Waals surface area contributed by atoms with Crippen LogP contribution in [0.4, 0.5) is 8.78 Å². The standard InChI is InChI=1S/C22H24F2N2O3S/c23-19-8-11-21(24)18(15-19)16-25-22(27)12-7-17-5-9-20(10-6-17)30(28,29)26-13-3-1-2-4-14-26/h5-12,15H,1-4,13-14,16H2,(H,25,27)/b12-7+. The number of halogens is 2. The zero-order chi connectivity index (χ0) is 21.6. The molecule has 0 radical (unpaired) electrons. The molecule has 1 amide bonds. The van der Waals surface area contributed by atoms with Gasteiger partial charge < -0.3 is 5.32 Å². The monoisotopic (exact) mass is 434 g/mol. The fourth-order valence-corrected chi connectivity index (χ4v) is 4.79. The van der Waals surface area contributed by atoms with Gasteiger partial charge in [0.15, 0.2) is 0 Å².